The van der Waals surface area contributed by atoms with E-state index in [-0.39, 0.29) is 5.91 Å². The van der Waals surface area contributed by atoms with Gasteiger partial charge >= 0.3 is 0 Å². The third-order valence-corrected chi connectivity index (χ3v) is 1.97. The zero-order chi connectivity index (χ0) is 9.97. The lowest BCUT2D eigenvalue weighted by Crippen LogP contribution is -2.15. The lowest BCUT2D eigenvalue weighted by atomic mass is 10.2. The van der Waals surface area contributed by atoms with Crippen molar-refractivity contribution in [1.29, 1.82) is 0 Å². The lowest BCUT2D eigenvalue weighted by molar-refractivity contribution is -0.115. The van der Waals surface area contributed by atoms with Gasteiger partial charge in [0.25, 0.3) is 0 Å². The fraction of sp³-hybridized carbons (Fsp3) is 0.182. The van der Waals surface area contributed by atoms with E-state index in [0.717, 1.165) is 11.3 Å². The monoisotopic (exact) mass is 189 g/mol. The van der Waals surface area contributed by atoms with Crippen LogP contribution >= 0.6 is 0 Å². The fourth-order valence-electron chi connectivity index (χ4n) is 1.32. The summed E-state index contributed by atoms with van der Waals surface area (Å²) in [7, 11) is 0. The Morgan fingerprint density at radius 3 is 2.93 bits per heavy atom. The maximum Gasteiger partial charge on any atom is 0.247 e. The second kappa shape index (κ2) is 3.54. The predicted octanol–water partition coefficient (Wildman–Crippen LogP) is 1.39. The van der Waals surface area contributed by atoms with E-state index in [2.05, 4.69) is 5.32 Å². The van der Waals surface area contributed by atoms with Crippen molar-refractivity contribution in [2.75, 3.05) is 6.54 Å². The molecule has 0 radical (unpaired) electrons. The Morgan fingerprint density at radius 1 is 1.43 bits per heavy atom. The van der Waals surface area contributed by atoms with Crippen molar-refractivity contribution in [3.63, 3.8) is 0 Å². The van der Waals surface area contributed by atoms with Gasteiger partial charge in [-0.05, 0) is 24.6 Å². The molecule has 1 aromatic rings. The van der Waals surface area contributed by atoms with E-state index >= 15 is 0 Å². The summed E-state index contributed by atoms with van der Waals surface area (Å²) in [4.78, 5) is 10.8. The Kier molecular flexibility index (Phi) is 2.23. The van der Waals surface area contributed by atoms with Crippen molar-refractivity contribution in [2.24, 2.45) is 0 Å². The second-order valence-corrected chi connectivity index (χ2v) is 3.25. The Bertz CT molecular complexity index is 396. The van der Waals surface area contributed by atoms with E-state index in [4.69, 9.17) is 4.74 Å². The van der Waals surface area contributed by atoms with Crippen LogP contribution in [0, 0.1) is 6.92 Å². The van der Waals surface area contributed by atoms with Crippen LogP contribution in [0.15, 0.2) is 36.1 Å². The molecule has 0 unspecified atom stereocenters. The normalized spacial score (nSPS) is 14.9. The summed E-state index contributed by atoms with van der Waals surface area (Å²) in [5.74, 6) is 1.35. The van der Waals surface area contributed by atoms with Gasteiger partial charge in [-0.2, -0.15) is 0 Å². The zero-order valence-electron chi connectivity index (χ0n) is 7.91. The van der Waals surface area contributed by atoms with Crippen LogP contribution in [-0.4, -0.2) is 12.5 Å². The number of benzene rings is 1. The van der Waals surface area contributed by atoms with E-state index in [9.17, 15) is 4.79 Å². The average Bonchev–Trinajstić information content (AvgIpc) is 2.51. The maximum atomic E-state index is 10.8. The number of aryl methyl sites for hydroxylation is 1. The first-order valence-corrected chi connectivity index (χ1v) is 4.47. The molecule has 0 spiro atoms. The van der Waals surface area contributed by atoms with E-state index in [1.54, 1.807) is 0 Å². The number of carbonyl (C=O) groups excluding carboxylic acids is 1. The molecule has 0 aliphatic carbocycles. The SMILES string of the molecule is Cc1cccc(OC2=CC(=O)NC2)c1. The molecule has 0 saturated heterocycles. The van der Waals surface area contributed by atoms with Gasteiger partial charge in [0, 0.05) is 6.08 Å². The van der Waals surface area contributed by atoms with Crippen molar-refractivity contribution >= 4 is 5.91 Å². The lowest BCUT2D eigenvalue weighted by Gasteiger charge is -2.05. The van der Waals surface area contributed by atoms with Crippen LogP contribution in [0.2, 0.25) is 0 Å². The summed E-state index contributed by atoms with van der Waals surface area (Å²) in [6.45, 7) is 2.48. The van der Waals surface area contributed by atoms with Gasteiger partial charge in [0.2, 0.25) is 5.91 Å². The van der Waals surface area contributed by atoms with Crippen LogP contribution in [0.3, 0.4) is 0 Å². The Morgan fingerprint density at radius 2 is 2.29 bits per heavy atom. The summed E-state index contributed by atoms with van der Waals surface area (Å²) in [5, 5.41) is 2.65. The van der Waals surface area contributed by atoms with Gasteiger partial charge < -0.3 is 10.1 Å². The number of amides is 1. The molecular weight excluding hydrogens is 178 g/mol. The van der Waals surface area contributed by atoms with Crippen LogP contribution in [-0.2, 0) is 4.79 Å². The molecule has 2 rings (SSSR count). The number of rotatable bonds is 2. The van der Waals surface area contributed by atoms with Crippen LogP contribution in [0.5, 0.6) is 5.75 Å². The maximum absolute atomic E-state index is 10.8. The quantitative estimate of drug-likeness (QED) is 0.763. The van der Waals surface area contributed by atoms with Gasteiger partial charge in [0.1, 0.15) is 11.5 Å². The number of ether oxygens (including phenoxy) is 1. The fourth-order valence-corrected chi connectivity index (χ4v) is 1.32. The second-order valence-electron chi connectivity index (χ2n) is 3.25. The van der Waals surface area contributed by atoms with Crippen molar-refractivity contribution in [3.05, 3.63) is 41.7 Å². The van der Waals surface area contributed by atoms with Gasteiger partial charge in [-0.3, -0.25) is 4.79 Å². The third-order valence-electron chi connectivity index (χ3n) is 1.97. The third kappa shape index (κ3) is 1.93. The van der Waals surface area contributed by atoms with Crippen molar-refractivity contribution < 1.29 is 9.53 Å². The zero-order valence-corrected chi connectivity index (χ0v) is 7.91. The van der Waals surface area contributed by atoms with Crippen molar-refractivity contribution in [2.45, 2.75) is 6.92 Å². The number of hydrogen-bond donors (Lipinski definition) is 1. The minimum Gasteiger partial charge on any atom is -0.460 e. The minimum absolute atomic E-state index is 0.0901. The highest BCUT2D eigenvalue weighted by molar-refractivity contribution is 5.90. The molecule has 3 nitrogen and oxygen atoms in total. The summed E-state index contributed by atoms with van der Waals surface area (Å²) >= 11 is 0. The number of hydrogen-bond acceptors (Lipinski definition) is 2. The van der Waals surface area contributed by atoms with E-state index in [1.807, 2.05) is 31.2 Å². The largest absolute Gasteiger partial charge is 0.460 e. The van der Waals surface area contributed by atoms with Gasteiger partial charge in [0.05, 0.1) is 6.54 Å². The van der Waals surface area contributed by atoms with E-state index in [1.165, 1.54) is 6.08 Å². The van der Waals surface area contributed by atoms with Crippen LogP contribution in [0.1, 0.15) is 5.56 Å². The molecule has 1 aliphatic rings. The molecule has 0 bridgehead atoms. The van der Waals surface area contributed by atoms with E-state index < -0.39 is 0 Å². The molecule has 0 aromatic heterocycles. The molecule has 0 saturated carbocycles. The predicted molar refractivity (Wildman–Crippen MR) is 52.9 cm³/mol. The van der Waals surface area contributed by atoms with Crippen LogP contribution in [0.25, 0.3) is 0 Å². The molecule has 3 heteroatoms. The van der Waals surface area contributed by atoms with Crippen molar-refractivity contribution in [1.82, 2.24) is 5.32 Å². The molecule has 72 valence electrons. The Balaban J connectivity index is 2.11. The number of carbonyl (C=O) groups is 1. The minimum atomic E-state index is -0.0901. The molecule has 1 heterocycles. The van der Waals surface area contributed by atoms with Crippen molar-refractivity contribution in [3.8, 4) is 5.75 Å². The summed E-state index contributed by atoms with van der Waals surface area (Å²) in [6.07, 6.45) is 1.47. The van der Waals surface area contributed by atoms with E-state index in [0.29, 0.717) is 12.3 Å². The smallest absolute Gasteiger partial charge is 0.247 e. The summed E-state index contributed by atoms with van der Waals surface area (Å²) in [5.41, 5.74) is 1.14. The highest BCUT2D eigenvalue weighted by Crippen LogP contribution is 2.16. The first-order valence-electron chi connectivity index (χ1n) is 4.47. The number of nitrogens with one attached hydrogen (secondary N) is 1. The van der Waals surface area contributed by atoms with Gasteiger partial charge in [-0.25, -0.2) is 0 Å². The highest BCUT2D eigenvalue weighted by atomic mass is 16.5. The molecule has 1 aromatic carbocycles. The molecule has 1 amide bonds. The summed E-state index contributed by atoms with van der Waals surface area (Å²) < 4.78 is 5.50. The van der Waals surface area contributed by atoms with Crippen LogP contribution in [0.4, 0.5) is 0 Å². The molecule has 0 atom stereocenters. The van der Waals surface area contributed by atoms with Gasteiger partial charge in [0.15, 0.2) is 0 Å². The Labute approximate surface area is 82.4 Å². The first-order chi connectivity index (χ1) is 6.74. The highest BCUT2D eigenvalue weighted by Gasteiger charge is 2.12. The molecule has 1 aliphatic heterocycles. The average molecular weight is 189 g/mol. The topological polar surface area (TPSA) is 38.3 Å². The molecule has 0 fully saturated rings. The van der Waals surface area contributed by atoms with Crippen LogP contribution < -0.4 is 10.1 Å². The first kappa shape index (κ1) is 8.81. The molecule has 1 N–H and O–H groups in total. The van der Waals surface area contributed by atoms with Gasteiger partial charge in [-0.1, -0.05) is 12.1 Å². The molecular formula is C11H11NO2. The Hall–Kier alpha value is -1.77. The standard InChI is InChI=1S/C11H11NO2/c1-8-3-2-4-9(5-8)14-10-6-11(13)12-7-10/h2-6H,7H2,1H3,(H,12,13). The molecule has 14 heavy (non-hydrogen) atoms. The van der Waals surface area contributed by atoms with Gasteiger partial charge in [-0.15, -0.1) is 0 Å². The summed E-state index contributed by atoms with van der Waals surface area (Å²) in [6, 6.07) is 7.73.